The van der Waals surface area contributed by atoms with Crippen molar-refractivity contribution in [2.45, 2.75) is 31.2 Å². The number of hydrogen-bond donors (Lipinski definition) is 2. The summed E-state index contributed by atoms with van der Waals surface area (Å²) in [5.41, 5.74) is -1.02. The van der Waals surface area contributed by atoms with Crippen molar-refractivity contribution in [1.82, 2.24) is 5.32 Å². The number of hydrogen-bond acceptors (Lipinski definition) is 6. The molecule has 2 N–H and O–H groups in total. The van der Waals surface area contributed by atoms with Gasteiger partial charge in [-0.05, 0) is 24.1 Å². The molecule has 1 aromatic carbocycles. The van der Waals surface area contributed by atoms with E-state index in [9.17, 15) is 32.7 Å². The van der Waals surface area contributed by atoms with E-state index in [0.717, 1.165) is 38.5 Å². The molecule has 0 aliphatic rings. The Morgan fingerprint density at radius 2 is 1.69 bits per heavy atom. The SMILES string of the molecule is COC(=O)CC[C@@H](NC(=O)[C@H](O)c1ccc(C(F)(F)F)cc1)C(=O)OC. The lowest BCUT2D eigenvalue weighted by Crippen LogP contribution is -2.44. The first-order valence-corrected chi connectivity index (χ1v) is 7.40. The predicted octanol–water partition coefficient (Wildman–Crippen LogP) is 1.35. The summed E-state index contributed by atoms with van der Waals surface area (Å²) >= 11 is 0. The van der Waals surface area contributed by atoms with Crippen molar-refractivity contribution in [3.8, 4) is 0 Å². The Labute approximate surface area is 147 Å². The number of carbonyl (C=O) groups is 3. The molecule has 7 nitrogen and oxygen atoms in total. The molecular weight excluding hydrogens is 359 g/mol. The van der Waals surface area contributed by atoms with Crippen LogP contribution in [-0.2, 0) is 30.0 Å². The second-order valence-corrected chi connectivity index (χ2v) is 5.22. The van der Waals surface area contributed by atoms with Crippen LogP contribution in [0.1, 0.15) is 30.1 Å². The lowest BCUT2D eigenvalue weighted by molar-refractivity contribution is -0.147. The number of methoxy groups -OCH3 is 2. The molecule has 0 bridgehead atoms. The van der Waals surface area contributed by atoms with Crippen molar-refractivity contribution in [3.05, 3.63) is 35.4 Å². The molecule has 26 heavy (non-hydrogen) atoms. The van der Waals surface area contributed by atoms with Crippen molar-refractivity contribution in [2.75, 3.05) is 14.2 Å². The van der Waals surface area contributed by atoms with Gasteiger partial charge in [-0.3, -0.25) is 9.59 Å². The van der Waals surface area contributed by atoms with Gasteiger partial charge >= 0.3 is 18.1 Å². The lowest BCUT2D eigenvalue weighted by Gasteiger charge is -2.19. The van der Waals surface area contributed by atoms with E-state index < -0.39 is 41.7 Å². The van der Waals surface area contributed by atoms with E-state index in [1.165, 1.54) is 0 Å². The number of benzene rings is 1. The maximum atomic E-state index is 12.5. The Balaban J connectivity index is 2.81. The summed E-state index contributed by atoms with van der Waals surface area (Å²) in [6.07, 6.45) is -6.67. The molecule has 0 fully saturated rings. The van der Waals surface area contributed by atoms with Crippen LogP contribution in [0.15, 0.2) is 24.3 Å². The molecule has 0 unspecified atom stereocenters. The molecule has 0 aromatic heterocycles. The second kappa shape index (κ2) is 9.18. The fraction of sp³-hybridized carbons (Fsp3) is 0.438. The standard InChI is InChI=1S/C16H18F3NO6/c1-25-12(21)8-7-11(15(24)26-2)20-14(23)13(22)9-3-5-10(6-4-9)16(17,18)19/h3-6,11,13,22H,7-8H2,1-2H3,(H,20,23)/t11-,13-/m1/s1. The van der Waals surface area contributed by atoms with Crippen LogP contribution in [-0.4, -0.2) is 43.2 Å². The minimum Gasteiger partial charge on any atom is -0.469 e. The highest BCUT2D eigenvalue weighted by Gasteiger charge is 2.31. The number of amides is 1. The van der Waals surface area contributed by atoms with Gasteiger partial charge in [0.05, 0.1) is 19.8 Å². The number of aliphatic hydroxyl groups is 1. The van der Waals surface area contributed by atoms with E-state index in [2.05, 4.69) is 14.8 Å². The lowest BCUT2D eigenvalue weighted by atomic mass is 10.1. The highest BCUT2D eigenvalue weighted by Crippen LogP contribution is 2.30. The molecule has 0 saturated carbocycles. The monoisotopic (exact) mass is 377 g/mol. The van der Waals surface area contributed by atoms with Gasteiger partial charge in [-0.1, -0.05) is 12.1 Å². The van der Waals surface area contributed by atoms with Gasteiger partial charge < -0.3 is 19.9 Å². The number of ether oxygens (including phenoxy) is 2. The van der Waals surface area contributed by atoms with Gasteiger partial charge in [-0.2, -0.15) is 13.2 Å². The zero-order chi connectivity index (χ0) is 19.9. The van der Waals surface area contributed by atoms with Crippen LogP contribution in [0.4, 0.5) is 13.2 Å². The van der Waals surface area contributed by atoms with Crippen LogP contribution in [0.5, 0.6) is 0 Å². The Morgan fingerprint density at radius 1 is 1.12 bits per heavy atom. The minimum atomic E-state index is -4.55. The maximum absolute atomic E-state index is 12.5. The third-order valence-electron chi connectivity index (χ3n) is 3.47. The van der Waals surface area contributed by atoms with E-state index in [4.69, 9.17) is 0 Å². The predicted molar refractivity (Wildman–Crippen MR) is 81.6 cm³/mol. The summed E-state index contributed by atoms with van der Waals surface area (Å²) < 4.78 is 46.5. The number of aliphatic hydroxyl groups excluding tert-OH is 1. The van der Waals surface area contributed by atoms with Gasteiger partial charge in [-0.15, -0.1) is 0 Å². The highest BCUT2D eigenvalue weighted by molar-refractivity contribution is 5.87. The normalized spacial score (nSPS) is 13.5. The summed E-state index contributed by atoms with van der Waals surface area (Å²) in [6, 6.07) is 2.13. The molecule has 1 amide bonds. The topological polar surface area (TPSA) is 102 Å². The molecule has 0 aliphatic carbocycles. The van der Waals surface area contributed by atoms with E-state index in [1.807, 2.05) is 0 Å². The molecule has 0 saturated heterocycles. The number of rotatable bonds is 7. The number of nitrogens with one attached hydrogen (secondary N) is 1. The van der Waals surface area contributed by atoms with Crippen molar-refractivity contribution in [2.24, 2.45) is 0 Å². The van der Waals surface area contributed by atoms with Gasteiger partial charge in [-0.25, -0.2) is 4.79 Å². The minimum absolute atomic E-state index is 0.0907. The highest BCUT2D eigenvalue weighted by atomic mass is 19.4. The molecule has 1 aromatic rings. The van der Waals surface area contributed by atoms with Crippen LogP contribution in [0, 0.1) is 0 Å². The van der Waals surface area contributed by atoms with Crippen LogP contribution < -0.4 is 5.32 Å². The third-order valence-corrected chi connectivity index (χ3v) is 3.47. The quantitative estimate of drug-likeness (QED) is 0.696. The zero-order valence-electron chi connectivity index (χ0n) is 14.0. The largest absolute Gasteiger partial charge is 0.469 e. The van der Waals surface area contributed by atoms with E-state index in [-0.39, 0.29) is 18.4 Å². The fourth-order valence-corrected chi connectivity index (χ4v) is 2.01. The van der Waals surface area contributed by atoms with Crippen LogP contribution >= 0.6 is 0 Å². The van der Waals surface area contributed by atoms with Crippen LogP contribution in [0.2, 0.25) is 0 Å². The second-order valence-electron chi connectivity index (χ2n) is 5.22. The Morgan fingerprint density at radius 3 is 2.15 bits per heavy atom. The Bertz CT molecular complexity index is 644. The van der Waals surface area contributed by atoms with Gasteiger partial charge in [0.15, 0.2) is 6.10 Å². The van der Waals surface area contributed by atoms with Crippen molar-refractivity contribution in [1.29, 1.82) is 0 Å². The smallest absolute Gasteiger partial charge is 0.416 e. The number of esters is 2. The molecule has 0 heterocycles. The molecule has 10 heteroatoms. The van der Waals surface area contributed by atoms with Gasteiger partial charge in [0.1, 0.15) is 6.04 Å². The third kappa shape index (κ3) is 6.03. The van der Waals surface area contributed by atoms with Gasteiger partial charge in [0.2, 0.25) is 0 Å². The molecule has 1 rings (SSSR count). The molecular formula is C16H18F3NO6. The fourth-order valence-electron chi connectivity index (χ4n) is 2.01. The number of alkyl halides is 3. The number of halogens is 3. The first-order valence-electron chi connectivity index (χ1n) is 7.40. The van der Waals surface area contributed by atoms with Crippen molar-refractivity contribution in [3.63, 3.8) is 0 Å². The van der Waals surface area contributed by atoms with Crippen LogP contribution in [0.25, 0.3) is 0 Å². The van der Waals surface area contributed by atoms with Gasteiger partial charge in [0, 0.05) is 6.42 Å². The summed E-state index contributed by atoms with van der Waals surface area (Å²) in [5.74, 6) is -2.48. The Kier molecular flexibility index (Phi) is 7.56. The molecule has 0 spiro atoms. The molecule has 0 aliphatic heterocycles. The van der Waals surface area contributed by atoms with Crippen molar-refractivity contribution >= 4 is 17.8 Å². The first kappa shape index (κ1) is 21.4. The van der Waals surface area contributed by atoms with E-state index >= 15 is 0 Å². The molecule has 0 radical (unpaired) electrons. The summed E-state index contributed by atoms with van der Waals surface area (Å²) in [6.45, 7) is 0. The zero-order valence-corrected chi connectivity index (χ0v) is 14.0. The van der Waals surface area contributed by atoms with E-state index in [0.29, 0.717) is 0 Å². The van der Waals surface area contributed by atoms with Gasteiger partial charge in [0.25, 0.3) is 5.91 Å². The molecule has 2 atom stereocenters. The number of carbonyl (C=O) groups excluding carboxylic acids is 3. The van der Waals surface area contributed by atoms with Crippen molar-refractivity contribution < 1.29 is 42.1 Å². The molecule has 144 valence electrons. The average Bonchev–Trinajstić information content (AvgIpc) is 2.62. The summed E-state index contributed by atoms with van der Waals surface area (Å²) in [7, 11) is 2.23. The average molecular weight is 377 g/mol. The Hall–Kier alpha value is -2.62. The maximum Gasteiger partial charge on any atom is 0.416 e. The summed E-state index contributed by atoms with van der Waals surface area (Å²) in [4.78, 5) is 34.9. The van der Waals surface area contributed by atoms with Crippen LogP contribution in [0.3, 0.4) is 0 Å². The summed E-state index contributed by atoms with van der Waals surface area (Å²) in [5, 5.41) is 12.2. The first-order chi connectivity index (χ1) is 12.1. The van der Waals surface area contributed by atoms with E-state index in [1.54, 1.807) is 0 Å².